The number of ether oxygens (including phenoxy) is 11. The van der Waals surface area contributed by atoms with Crippen LogP contribution in [0.25, 0.3) is 0 Å². The summed E-state index contributed by atoms with van der Waals surface area (Å²) >= 11 is 2.03. The number of aliphatic carboxylic acids is 1. The van der Waals surface area contributed by atoms with Crippen LogP contribution in [0.1, 0.15) is 312 Å². The summed E-state index contributed by atoms with van der Waals surface area (Å²) in [5, 5.41) is 53.1. The van der Waals surface area contributed by atoms with Gasteiger partial charge in [-0.3, -0.25) is 14.4 Å². The van der Waals surface area contributed by atoms with Crippen molar-refractivity contribution >= 4 is 85.0 Å². The molecule has 0 spiro atoms. The van der Waals surface area contributed by atoms with Gasteiger partial charge in [-0.05, 0) is 204 Å². The minimum Gasteiger partial charge on any atom is -0.481 e. The Bertz CT molecular complexity index is 4860. The molecule has 0 saturated heterocycles. The number of carboxylic acid groups (broad SMARTS) is 1. The molecule has 0 saturated carbocycles. The van der Waals surface area contributed by atoms with E-state index in [1.165, 1.54) is 105 Å². The van der Waals surface area contributed by atoms with Gasteiger partial charge in [-0.15, -0.1) is 17.8 Å². The van der Waals surface area contributed by atoms with Gasteiger partial charge in [0, 0.05) is 79.7 Å². The molecule has 34 heteroatoms. The van der Waals surface area contributed by atoms with Crippen LogP contribution in [0.3, 0.4) is 0 Å². The van der Waals surface area contributed by atoms with Gasteiger partial charge in [0.15, 0.2) is 16.8 Å². The van der Waals surface area contributed by atoms with Crippen LogP contribution >= 0.6 is 11.8 Å². The van der Waals surface area contributed by atoms with Crippen molar-refractivity contribution < 1.29 is 133 Å². The highest BCUT2D eigenvalue weighted by Gasteiger charge is 2.52. The monoisotopic (exact) mass is 2160 g/mol. The van der Waals surface area contributed by atoms with E-state index < -0.39 is 137 Å². The summed E-state index contributed by atoms with van der Waals surface area (Å²) in [7, 11) is 1.74. The predicted molar refractivity (Wildman–Crippen MR) is 591 cm³/mol. The smallest absolute Gasteiger partial charge is 0.339 e. The molecule has 846 valence electrons. The molecule has 3 aromatic rings. The standard InChI is InChI=1S/C40H63NO10S.C40H63NO8S.C36H55NO10S/c1-8-10-12-16-19-29-52(46,47)30-20-17-14-13-15-18-21-34(40(45,26-28-48-6)38(44)51-39(3,4)5)36(42)41-35(37(43)49-7)31-32-22-24-33(25-23-32)50-27-11-9-2;1-8-10-12-16-19-29-50-30-20-17-14-13-15-18-21-34(40(45,26-28-46-6)38(44)49-39(3,4)5)36(42)41-35(37(43)47-7)31-32-22-24-33(25-23-32)48-27-11-9-2;1-5-7-9-13-16-26-48(43,44)27-17-14-11-10-12-15-18-31(36(42,35(40)41)23-25-45-3)33(38)37-32(34(39)46-4)28-29-19-21-30(22-20-29)47-24-8-6-2/h18,21-25,34-35,45H,8,10,12-17,19-20,26-31H2,1-7H3,(H,41,42);18,21-25,34-35,45H,8,10,12-17,19-20,26-31H2,1-7H3,(H,41,42);15,18-22,31-32,42H,5,7,9-14,16-17,23-28H2,1-4H3,(H,37,38)(H,40,41)/b2*21-18+;18-15+/t2*34-,35+,40+;31-,32+,36+/m111/s1. The molecule has 150 heavy (non-hydrogen) atoms. The lowest BCUT2D eigenvalue weighted by atomic mass is 9.82. The van der Waals surface area contributed by atoms with Gasteiger partial charge in [-0.1, -0.05) is 227 Å². The number of methoxy groups -OCH3 is 6. The van der Waals surface area contributed by atoms with E-state index in [0.29, 0.717) is 86.2 Å². The van der Waals surface area contributed by atoms with Crippen LogP contribution in [0.4, 0.5) is 0 Å². The number of carboxylic acids is 1. The molecule has 7 N–H and O–H groups in total. The van der Waals surface area contributed by atoms with Crippen LogP contribution in [-0.4, -0.2) is 254 Å². The van der Waals surface area contributed by atoms with E-state index in [-0.39, 0.29) is 101 Å². The van der Waals surface area contributed by atoms with Crippen LogP contribution < -0.4 is 30.2 Å². The van der Waals surface area contributed by atoms with Crippen LogP contribution in [0.5, 0.6) is 17.2 Å². The average Bonchev–Trinajstić information content (AvgIpc) is 0.801. The quantitative estimate of drug-likeness (QED) is 0.00907. The Balaban J connectivity index is 0.00000113. The molecular formula is C116H181N3O28S3. The molecule has 0 bridgehead atoms. The minimum atomic E-state index is -3.06. The third-order valence-electron chi connectivity index (χ3n) is 24.3. The van der Waals surface area contributed by atoms with E-state index in [9.17, 15) is 80.4 Å². The van der Waals surface area contributed by atoms with Gasteiger partial charge in [0.25, 0.3) is 0 Å². The minimum absolute atomic E-state index is 0.00278. The number of nitrogens with one attached hydrogen (secondary N) is 3. The molecule has 3 amide bonds. The van der Waals surface area contributed by atoms with Gasteiger partial charge in [0.05, 0.1) is 62.1 Å². The van der Waals surface area contributed by atoms with Gasteiger partial charge >= 0.3 is 35.8 Å². The molecule has 0 aliphatic heterocycles. The third-order valence-corrected chi connectivity index (χ3v) is 29.1. The molecule has 0 aromatic heterocycles. The van der Waals surface area contributed by atoms with Crippen molar-refractivity contribution in [1.29, 1.82) is 0 Å². The first-order valence-corrected chi connectivity index (χ1v) is 58.1. The van der Waals surface area contributed by atoms with Crippen LogP contribution in [-0.2, 0) is 120 Å². The number of amides is 3. The van der Waals surface area contributed by atoms with Crippen molar-refractivity contribution in [3.05, 3.63) is 126 Å². The van der Waals surface area contributed by atoms with E-state index in [0.717, 1.165) is 102 Å². The number of aliphatic hydroxyl groups is 3. The number of allylic oxidation sites excluding steroid dienone is 3. The second-order valence-corrected chi connectivity index (χ2v) is 45.1. The number of sulfone groups is 2. The Morgan fingerprint density at radius 1 is 0.360 bits per heavy atom. The molecule has 0 heterocycles. The summed E-state index contributed by atoms with van der Waals surface area (Å²) in [5.41, 5.74) is -6.83. The Morgan fingerprint density at radius 3 is 0.847 bits per heavy atom. The highest BCUT2D eigenvalue weighted by Crippen LogP contribution is 2.33. The molecule has 0 unspecified atom stereocenters. The van der Waals surface area contributed by atoms with Gasteiger partial charge < -0.3 is 88.5 Å². The molecule has 0 aliphatic rings. The van der Waals surface area contributed by atoms with E-state index in [2.05, 4.69) is 72.2 Å². The number of hydrogen-bond donors (Lipinski definition) is 7. The fourth-order valence-corrected chi connectivity index (χ4v) is 19.7. The van der Waals surface area contributed by atoms with E-state index in [1.54, 1.807) is 153 Å². The SMILES string of the molecule is CC#CCOc1ccc(C[C@H](NC(=O)[C@@H](/C=C/CCCCCCS(=O)(=O)CCCCCCC)[C@@](O)(CCOC)C(=O)O)C(=O)OC)cc1.CC#CCOc1ccc(C[C@H](NC(=O)[C@@H](/C=C/CCCCCCS(=O)(=O)CCCCCCC)[C@@](O)(CCOC)C(=O)OC(C)(C)C)C(=O)OC)cc1.CC#CCOc1ccc(C[C@H](NC(=O)[C@@H](/C=C/CCCCCCSCCCCCCC)[C@@](O)(CCOC)C(=O)OC(C)(C)C)C(=O)OC)cc1. The zero-order valence-corrected chi connectivity index (χ0v) is 95.6. The van der Waals surface area contributed by atoms with Crippen molar-refractivity contribution in [1.82, 2.24) is 16.0 Å². The first-order valence-electron chi connectivity index (χ1n) is 53.3. The number of esters is 5. The highest BCUT2D eigenvalue weighted by atomic mass is 32.2. The number of hydrogen-bond acceptors (Lipinski definition) is 28. The molecule has 9 atom stereocenters. The number of unbranched alkanes of at least 4 members (excludes halogenated alkanes) is 24. The third kappa shape index (κ3) is 61.2. The maximum absolute atomic E-state index is 14.0. The normalized spacial score (nSPS) is 14.0. The second kappa shape index (κ2) is 80.1. The summed E-state index contributed by atoms with van der Waals surface area (Å²) in [6.45, 7) is 22.3. The summed E-state index contributed by atoms with van der Waals surface area (Å²) in [6, 6.07) is 17.6. The zero-order valence-electron chi connectivity index (χ0n) is 93.1. The molecule has 0 fully saturated rings. The average molecular weight is 2160 g/mol. The van der Waals surface area contributed by atoms with Gasteiger partial charge in [-0.25, -0.2) is 45.6 Å². The van der Waals surface area contributed by atoms with Crippen LogP contribution in [0, 0.1) is 53.3 Å². The molecule has 3 rings (SSSR count). The first kappa shape index (κ1) is 138. The van der Waals surface area contributed by atoms with E-state index in [4.69, 9.17) is 52.1 Å². The Labute approximate surface area is 901 Å². The Morgan fingerprint density at radius 2 is 0.607 bits per heavy atom. The van der Waals surface area contributed by atoms with Gasteiger partial charge in [-0.2, -0.15) is 11.8 Å². The number of benzene rings is 3. The van der Waals surface area contributed by atoms with Crippen molar-refractivity contribution in [3.63, 3.8) is 0 Å². The number of carbonyl (C=O) groups excluding carboxylic acids is 8. The second-order valence-electron chi connectivity index (χ2n) is 39.2. The first-order chi connectivity index (χ1) is 71.5. The van der Waals surface area contributed by atoms with Crippen LogP contribution in [0.15, 0.2) is 109 Å². The largest absolute Gasteiger partial charge is 0.481 e. The fraction of sp³-hybridized carbons (Fsp3) is 0.664. The van der Waals surface area contributed by atoms with Gasteiger partial charge in [0.1, 0.15) is 86.1 Å². The lowest BCUT2D eigenvalue weighted by Gasteiger charge is -2.35. The highest BCUT2D eigenvalue weighted by molar-refractivity contribution is 7.99. The van der Waals surface area contributed by atoms with E-state index >= 15 is 0 Å². The van der Waals surface area contributed by atoms with E-state index in [1.807, 2.05) is 17.8 Å². The number of thioether (sulfide) groups is 1. The van der Waals surface area contributed by atoms with Gasteiger partial charge in [0.2, 0.25) is 17.7 Å². The van der Waals surface area contributed by atoms with Crippen LogP contribution in [0.2, 0.25) is 0 Å². The lowest BCUT2D eigenvalue weighted by molar-refractivity contribution is -0.185. The van der Waals surface area contributed by atoms with Crippen molar-refractivity contribution in [2.45, 2.75) is 360 Å². The predicted octanol–water partition coefficient (Wildman–Crippen LogP) is 17.8. The van der Waals surface area contributed by atoms with Crippen molar-refractivity contribution in [3.8, 4) is 52.8 Å². The summed E-state index contributed by atoms with van der Waals surface area (Å²) in [6.07, 6.45) is 36.8. The van der Waals surface area contributed by atoms with Crippen molar-refractivity contribution in [2.24, 2.45) is 17.8 Å². The molecule has 0 radical (unpaired) electrons. The summed E-state index contributed by atoms with van der Waals surface area (Å²) in [5.74, 6) is 9.40. The molecule has 3 aromatic carbocycles. The molecule has 0 aliphatic carbocycles. The Hall–Kier alpha value is -9.80. The maximum atomic E-state index is 14.0. The molecular weight excluding hydrogens is 1980 g/mol. The fourth-order valence-electron chi connectivity index (χ4n) is 15.7. The summed E-state index contributed by atoms with van der Waals surface area (Å²) < 4.78 is 107. The van der Waals surface area contributed by atoms with Crippen molar-refractivity contribution in [2.75, 3.05) is 117 Å². The lowest BCUT2D eigenvalue weighted by Crippen LogP contribution is -2.56. The zero-order chi connectivity index (χ0) is 112. The maximum Gasteiger partial charge on any atom is 0.339 e. The number of rotatable bonds is 78. The number of carbonyl (C=O) groups is 9. The summed E-state index contributed by atoms with van der Waals surface area (Å²) in [4.78, 5) is 119. The molecule has 31 nitrogen and oxygen atoms in total. The topological polar surface area (TPSA) is 440 Å². The Kier molecular flexibility index (Phi) is 73.8.